The summed E-state index contributed by atoms with van der Waals surface area (Å²) in [6.07, 6.45) is 0.240. The number of alkyl halides is 3. The van der Waals surface area contributed by atoms with E-state index in [1.165, 1.54) is 12.1 Å². The van der Waals surface area contributed by atoms with Crippen molar-refractivity contribution >= 4 is 5.69 Å². The molecule has 0 radical (unpaired) electrons. The highest BCUT2D eigenvalue weighted by Crippen LogP contribution is 2.33. The summed E-state index contributed by atoms with van der Waals surface area (Å²) < 4.78 is 38.8. The molecule has 6 heteroatoms. The van der Waals surface area contributed by atoms with Crippen LogP contribution in [0.2, 0.25) is 0 Å². The van der Waals surface area contributed by atoms with Crippen LogP contribution in [0.5, 0.6) is 0 Å². The standard InChI is InChI=1S/C18H18F3N3/c19-18(20,21)15-3-1-2-13(8-15)14-9-17(11-22-10-14)24-7-6-23-5-4-16(24)12-23/h1-3,8-11,16H,4-7,12H2. The molecule has 2 fully saturated rings. The Labute approximate surface area is 138 Å². The molecule has 2 bridgehead atoms. The summed E-state index contributed by atoms with van der Waals surface area (Å²) in [5.74, 6) is 0. The summed E-state index contributed by atoms with van der Waals surface area (Å²) >= 11 is 0. The Hall–Kier alpha value is -2.08. The van der Waals surface area contributed by atoms with E-state index in [9.17, 15) is 13.2 Å². The van der Waals surface area contributed by atoms with E-state index in [4.69, 9.17) is 0 Å². The first kappa shape index (κ1) is 15.4. The predicted octanol–water partition coefficient (Wildman–Crippen LogP) is 3.66. The normalized spacial score (nSPS) is 23.5. The minimum atomic E-state index is -4.33. The zero-order valence-electron chi connectivity index (χ0n) is 13.1. The van der Waals surface area contributed by atoms with Gasteiger partial charge in [-0.2, -0.15) is 13.2 Å². The first-order valence-electron chi connectivity index (χ1n) is 8.12. The average Bonchev–Trinajstić information content (AvgIpc) is 2.95. The van der Waals surface area contributed by atoms with Gasteiger partial charge in [-0.3, -0.25) is 9.88 Å². The van der Waals surface area contributed by atoms with Gasteiger partial charge in [-0.25, -0.2) is 0 Å². The van der Waals surface area contributed by atoms with Crippen LogP contribution in [0.1, 0.15) is 12.0 Å². The number of anilines is 1. The average molecular weight is 333 g/mol. The Bertz CT molecular complexity index is 744. The lowest BCUT2D eigenvalue weighted by molar-refractivity contribution is -0.137. The van der Waals surface area contributed by atoms with Crippen molar-refractivity contribution < 1.29 is 13.2 Å². The van der Waals surface area contributed by atoms with E-state index in [1.54, 1.807) is 12.3 Å². The Morgan fingerprint density at radius 2 is 1.88 bits per heavy atom. The molecule has 0 aliphatic carbocycles. The van der Waals surface area contributed by atoms with Gasteiger partial charge in [0, 0.05) is 44.0 Å². The lowest BCUT2D eigenvalue weighted by Crippen LogP contribution is -2.46. The third-order valence-electron chi connectivity index (χ3n) is 4.92. The number of piperazine rings is 1. The number of nitrogens with zero attached hydrogens (tertiary/aromatic N) is 3. The topological polar surface area (TPSA) is 19.4 Å². The molecule has 2 unspecified atom stereocenters. The number of hydrogen-bond acceptors (Lipinski definition) is 3. The first-order chi connectivity index (χ1) is 11.5. The second kappa shape index (κ2) is 5.77. The van der Waals surface area contributed by atoms with Gasteiger partial charge in [-0.05, 0) is 30.2 Å². The molecule has 2 aliphatic heterocycles. The predicted molar refractivity (Wildman–Crippen MR) is 86.9 cm³/mol. The van der Waals surface area contributed by atoms with Gasteiger partial charge in [0.15, 0.2) is 0 Å². The van der Waals surface area contributed by atoms with E-state index >= 15 is 0 Å². The molecule has 1 aromatic carbocycles. The highest BCUT2D eigenvalue weighted by molar-refractivity contribution is 5.68. The number of benzene rings is 1. The molecular weight excluding hydrogens is 315 g/mol. The van der Waals surface area contributed by atoms with Gasteiger partial charge >= 0.3 is 6.18 Å². The van der Waals surface area contributed by atoms with Gasteiger partial charge in [0.25, 0.3) is 0 Å². The summed E-state index contributed by atoms with van der Waals surface area (Å²) in [5, 5.41) is 0. The molecule has 126 valence electrons. The highest BCUT2D eigenvalue weighted by atomic mass is 19.4. The van der Waals surface area contributed by atoms with Crippen molar-refractivity contribution in [2.75, 3.05) is 31.1 Å². The van der Waals surface area contributed by atoms with Gasteiger partial charge in [-0.15, -0.1) is 0 Å². The van der Waals surface area contributed by atoms with E-state index in [-0.39, 0.29) is 0 Å². The van der Waals surface area contributed by atoms with Crippen LogP contribution in [0, 0.1) is 0 Å². The van der Waals surface area contributed by atoms with E-state index < -0.39 is 11.7 Å². The lowest BCUT2D eigenvalue weighted by atomic mass is 10.0. The van der Waals surface area contributed by atoms with Crippen LogP contribution in [0.4, 0.5) is 18.9 Å². The molecule has 1 aromatic heterocycles. The fraction of sp³-hybridized carbons (Fsp3) is 0.389. The fourth-order valence-electron chi connectivity index (χ4n) is 3.66. The molecule has 0 N–H and O–H groups in total. The fourth-order valence-corrected chi connectivity index (χ4v) is 3.66. The van der Waals surface area contributed by atoms with Gasteiger partial charge < -0.3 is 4.90 Å². The molecular formula is C18H18F3N3. The molecule has 3 nitrogen and oxygen atoms in total. The Morgan fingerprint density at radius 1 is 1.00 bits per heavy atom. The van der Waals surface area contributed by atoms with Crippen molar-refractivity contribution in [1.82, 2.24) is 9.88 Å². The summed E-state index contributed by atoms with van der Waals surface area (Å²) in [5.41, 5.74) is 1.63. The Balaban J connectivity index is 1.66. The Kier molecular flexibility index (Phi) is 3.72. The van der Waals surface area contributed by atoms with Crippen LogP contribution in [-0.4, -0.2) is 42.1 Å². The quantitative estimate of drug-likeness (QED) is 0.836. The van der Waals surface area contributed by atoms with E-state index in [2.05, 4.69) is 14.8 Å². The number of pyridine rings is 1. The number of rotatable bonds is 2. The SMILES string of the molecule is FC(F)(F)c1cccc(-c2cncc(N3CCN4CCC3C4)c2)c1. The first-order valence-corrected chi connectivity index (χ1v) is 8.12. The van der Waals surface area contributed by atoms with Crippen LogP contribution in [0.15, 0.2) is 42.7 Å². The summed E-state index contributed by atoms with van der Waals surface area (Å²) in [6, 6.07) is 7.87. The van der Waals surface area contributed by atoms with Crippen molar-refractivity contribution in [2.45, 2.75) is 18.6 Å². The monoisotopic (exact) mass is 333 g/mol. The third kappa shape index (κ3) is 2.86. The molecule has 0 amide bonds. The maximum atomic E-state index is 12.9. The molecule has 3 heterocycles. The van der Waals surface area contributed by atoms with Gasteiger partial charge in [-0.1, -0.05) is 12.1 Å². The summed E-state index contributed by atoms with van der Waals surface area (Å²) in [7, 11) is 0. The van der Waals surface area contributed by atoms with Crippen molar-refractivity contribution in [2.24, 2.45) is 0 Å². The number of fused-ring (bicyclic) bond motifs is 2. The van der Waals surface area contributed by atoms with Crippen molar-refractivity contribution in [3.8, 4) is 11.1 Å². The van der Waals surface area contributed by atoms with E-state index in [0.717, 1.165) is 49.9 Å². The molecule has 4 rings (SSSR count). The summed E-state index contributed by atoms with van der Waals surface area (Å²) in [6.45, 7) is 4.17. The van der Waals surface area contributed by atoms with E-state index in [1.807, 2.05) is 12.3 Å². The van der Waals surface area contributed by atoms with Crippen molar-refractivity contribution in [1.29, 1.82) is 0 Å². The molecule has 2 aliphatic rings. The smallest absolute Gasteiger partial charge is 0.365 e. The minimum Gasteiger partial charge on any atom is -0.365 e. The molecule has 24 heavy (non-hydrogen) atoms. The van der Waals surface area contributed by atoms with Crippen LogP contribution in [-0.2, 0) is 6.18 Å². The molecule has 2 aromatic rings. The largest absolute Gasteiger partial charge is 0.416 e. The zero-order chi connectivity index (χ0) is 16.7. The van der Waals surface area contributed by atoms with E-state index in [0.29, 0.717) is 11.6 Å². The number of halogens is 3. The summed E-state index contributed by atoms with van der Waals surface area (Å²) in [4.78, 5) is 9.06. The van der Waals surface area contributed by atoms with Crippen molar-refractivity contribution in [3.63, 3.8) is 0 Å². The molecule has 2 saturated heterocycles. The number of hydrogen-bond donors (Lipinski definition) is 0. The zero-order valence-corrected chi connectivity index (χ0v) is 13.1. The van der Waals surface area contributed by atoms with Gasteiger partial charge in [0.2, 0.25) is 0 Å². The third-order valence-corrected chi connectivity index (χ3v) is 4.92. The van der Waals surface area contributed by atoms with Gasteiger partial charge in [0.1, 0.15) is 0 Å². The number of aromatic nitrogens is 1. The molecule has 0 saturated carbocycles. The van der Waals surface area contributed by atoms with Crippen LogP contribution in [0.25, 0.3) is 11.1 Å². The Morgan fingerprint density at radius 3 is 2.71 bits per heavy atom. The van der Waals surface area contributed by atoms with Crippen molar-refractivity contribution in [3.05, 3.63) is 48.3 Å². The van der Waals surface area contributed by atoms with Crippen LogP contribution in [0.3, 0.4) is 0 Å². The maximum Gasteiger partial charge on any atom is 0.416 e. The molecule has 0 spiro atoms. The molecule has 2 atom stereocenters. The minimum absolute atomic E-state index is 0.484. The lowest BCUT2D eigenvalue weighted by Gasteiger charge is -2.36. The van der Waals surface area contributed by atoms with Crippen LogP contribution < -0.4 is 4.90 Å². The second-order valence-corrected chi connectivity index (χ2v) is 6.45. The highest BCUT2D eigenvalue weighted by Gasteiger charge is 2.33. The maximum absolute atomic E-state index is 12.9. The van der Waals surface area contributed by atoms with Crippen LogP contribution >= 0.6 is 0 Å². The second-order valence-electron chi connectivity index (χ2n) is 6.45. The van der Waals surface area contributed by atoms with Gasteiger partial charge in [0.05, 0.1) is 17.4 Å².